The van der Waals surface area contributed by atoms with E-state index in [0.29, 0.717) is 54.6 Å². The van der Waals surface area contributed by atoms with E-state index in [1.165, 1.54) is 19.1 Å². The number of carbonyl (C=O) groups excluding carboxylic acids is 2. The fourth-order valence-corrected chi connectivity index (χ4v) is 3.60. The van der Waals surface area contributed by atoms with Crippen molar-refractivity contribution in [2.75, 3.05) is 33.3 Å². The molecule has 2 heterocycles. The van der Waals surface area contributed by atoms with Crippen LogP contribution in [0.1, 0.15) is 17.4 Å². The first-order valence-corrected chi connectivity index (χ1v) is 10.0. The first kappa shape index (κ1) is 20.6. The highest BCUT2D eigenvalue weighted by atomic mass is 19.1. The molecule has 0 radical (unpaired) electrons. The first-order chi connectivity index (χ1) is 15.0. The highest BCUT2D eigenvalue weighted by molar-refractivity contribution is 5.94. The number of methoxy groups -OCH3 is 1. The minimum Gasteiger partial charge on any atom is -0.497 e. The van der Waals surface area contributed by atoms with E-state index in [9.17, 15) is 14.0 Å². The van der Waals surface area contributed by atoms with E-state index in [1.807, 2.05) is 12.1 Å². The zero-order chi connectivity index (χ0) is 22.0. The quantitative estimate of drug-likeness (QED) is 0.648. The third-order valence-electron chi connectivity index (χ3n) is 5.40. The molecule has 1 aromatic heterocycles. The molecule has 0 saturated carbocycles. The van der Waals surface area contributed by atoms with Crippen LogP contribution < -0.4 is 4.74 Å². The maximum absolute atomic E-state index is 13.4. The second-order valence-electron chi connectivity index (χ2n) is 7.33. The molecule has 0 N–H and O–H groups in total. The average molecular weight is 422 g/mol. The van der Waals surface area contributed by atoms with Crippen LogP contribution in [0.3, 0.4) is 0 Å². The van der Waals surface area contributed by atoms with Crippen molar-refractivity contribution in [2.24, 2.45) is 0 Å². The Kier molecular flexibility index (Phi) is 5.70. The van der Waals surface area contributed by atoms with Gasteiger partial charge in [-0.2, -0.15) is 5.10 Å². The summed E-state index contributed by atoms with van der Waals surface area (Å²) < 4.78 is 20.2. The molecule has 8 heteroatoms. The lowest BCUT2D eigenvalue weighted by molar-refractivity contribution is -0.130. The molecular formula is C23H23FN4O3. The van der Waals surface area contributed by atoms with Gasteiger partial charge in [0, 0.05) is 38.7 Å². The van der Waals surface area contributed by atoms with Crippen molar-refractivity contribution in [3.63, 3.8) is 0 Å². The third-order valence-corrected chi connectivity index (χ3v) is 5.40. The van der Waals surface area contributed by atoms with E-state index in [0.717, 1.165) is 0 Å². The zero-order valence-electron chi connectivity index (χ0n) is 17.4. The Balaban J connectivity index is 1.69. The van der Waals surface area contributed by atoms with Crippen LogP contribution >= 0.6 is 0 Å². The van der Waals surface area contributed by atoms with Crippen molar-refractivity contribution in [2.45, 2.75) is 6.92 Å². The fourth-order valence-electron chi connectivity index (χ4n) is 3.60. The summed E-state index contributed by atoms with van der Waals surface area (Å²) in [4.78, 5) is 28.4. The maximum atomic E-state index is 13.4. The molecule has 0 atom stereocenters. The van der Waals surface area contributed by atoms with E-state index in [2.05, 4.69) is 5.10 Å². The van der Waals surface area contributed by atoms with Gasteiger partial charge < -0.3 is 14.5 Å². The highest BCUT2D eigenvalue weighted by Crippen LogP contribution is 2.24. The Bertz CT molecular complexity index is 1090. The van der Waals surface area contributed by atoms with Gasteiger partial charge in [-0.3, -0.25) is 9.59 Å². The largest absolute Gasteiger partial charge is 0.497 e. The SMILES string of the molecule is COc1ccc(-n2nc(-c3ccc(F)cc3)cc2C(=O)N2CCN(C(C)=O)CC2)cc1. The Labute approximate surface area is 179 Å². The molecule has 1 fully saturated rings. The predicted molar refractivity (Wildman–Crippen MR) is 114 cm³/mol. The van der Waals surface area contributed by atoms with E-state index in [1.54, 1.807) is 51.9 Å². The van der Waals surface area contributed by atoms with Crippen molar-refractivity contribution < 1.29 is 18.7 Å². The van der Waals surface area contributed by atoms with Crippen molar-refractivity contribution in [3.05, 3.63) is 66.1 Å². The van der Waals surface area contributed by atoms with Gasteiger partial charge >= 0.3 is 0 Å². The monoisotopic (exact) mass is 422 g/mol. The van der Waals surface area contributed by atoms with Gasteiger partial charge in [-0.15, -0.1) is 0 Å². The van der Waals surface area contributed by atoms with Gasteiger partial charge in [-0.05, 0) is 54.6 Å². The minimum atomic E-state index is -0.335. The lowest BCUT2D eigenvalue weighted by Gasteiger charge is -2.34. The average Bonchev–Trinajstić information content (AvgIpc) is 3.24. The van der Waals surface area contributed by atoms with Gasteiger partial charge in [0.15, 0.2) is 0 Å². The van der Waals surface area contributed by atoms with E-state index in [-0.39, 0.29) is 17.6 Å². The Morgan fingerprint density at radius 3 is 2.13 bits per heavy atom. The summed E-state index contributed by atoms with van der Waals surface area (Å²) in [5, 5.41) is 4.64. The molecule has 4 rings (SSSR count). The summed E-state index contributed by atoms with van der Waals surface area (Å²) in [5.41, 5.74) is 2.39. The van der Waals surface area contributed by atoms with Gasteiger partial charge in [0.2, 0.25) is 5.91 Å². The van der Waals surface area contributed by atoms with Gasteiger partial charge in [0.1, 0.15) is 17.3 Å². The van der Waals surface area contributed by atoms with Crippen molar-refractivity contribution in [1.82, 2.24) is 19.6 Å². The summed E-state index contributed by atoms with van der Waals surface area (Å²) >= 11 is 0. The second kappa shape index (κ2) is 8.59. The van der Waals surface area contributed by atoms with Crippen LogP contribution in [0.2, 0.25) is 0 Å². The van der Waals surface area contributed by atoms with Crippen molar-refractivity contribution >= 4 is 11.8 Å². The van der Waals surface area contributed by atoms with Crippen LogP contribution in [0.15, 0.2) is 54.6 Å². The summed E-state index contributed by atoms with van der Waals surface area (Å²) in [7, 11) is 1.59. The van der Waals surface area contributed by atoms with Gasteiger partial charge in [-0.25, -0.2) is 9.07 Å². The predicted octanol–water partition coefficient (Wildman–Crippen LogP) is 2.99. The summed E-state index contributed by atoms with van der Waals surface area (Å²) in [6.07, 6.45) is 0. The van der Waals surface area contributed by atoms with Crippen LogP contribution in [0.4, 0.5) is 4.39 Å². The molecule has 3 aromatic rings. The van der Waals surface area contributed by atoms with Gasteiger partial charge in [0.25, 0.3) is 5.91 Å². The smallest absolute Gasteiger partial charge is 0.272 e. The lowest BCUT2D eigenvalue weighted by atomic mass is 10.1. The Morgan fingerprint density at radius 1 is 0.935 bits per heavy atom. The zero-order valence-corrected chi connectivity index (χ0v) is 17.4. The molecule has 0 spiro atoms. The number of hydrogen-bond acceptors (Lipinski definition) is 4. The standard InChI is InChI=1S/C23H23FN4O3/c1-16(29)26-11-13-27(14-12-26)23(30)22-15-21(17-3-5-18(24)6-4-17)25-28(22)19-7-9-20(31-2)10-8-19/h3-10,15H,11-14H2,1-2H3. The molecule has 2 amide bonds. The molecule has 0 bridgehead atoms. The summed E-state index contributed by atoms with van der Waals surface area (Å²) in [6, 6.07) is 15.0. The number of carbonyl (C=O) groups is 2. The van der Waals surface area contributed by atoms with Gasteiger partial charge in [0.05, 0.1) is 18.5 Å². The molecule has 7 nitrogen and oxygen atoms in total. The number of halogens is 1. The Morgan fingerprint density at radius 2 is 1.55 bits per heavy atom. The number of nitrogens with zero attached hydrogens (tertiary/aromatic N) is 4. The van der Waals surface area contributed by atoms with Crippen LogP contribution in [0.5, 0.6) is 5.75 Å². The van der Waals surface area contributed by atoms with Crippen molar-refractivity contribution in [3.8, 4) is 22.7 Å². The molecule has 2 aromatic carbocycles. The van der Waals surface area contributed by atoms with Crippen LogP contribution in [0.25, 0.3) is 16.9 Å². The van der Waals surface area contributed by atoms with Crippen LogP contribution in [0, 0.1) is 5.82 Å². The molecule has 1 aliphatic heterocycles. The number of ether oxygens (including phenoxy) is 1. The summed E-state index contributed by atoms with van der Waals surface area (Å²) in [6.45, 7) is 3.45. The molecule has 31 heavy (non-hydrogen) atoms. The van der Waals surface area contributed by atoms with Crippen LogP contribution in [-0.4, -0.2) is 64.7 Å². The molecule has 0 aliphatic carbocycles. The number of piperazine rings is 1. The molecule has 160 valence electrons. The van der Waals surface area contributed by atoms with E-state index in [4.69, 9.17) is 4.74 Å². The third kappa shape index (κ3) is 4.28. The molecular weight excluding hydrogens is 399 g/mol. The van der Waals surface area contributed by atoms with E-state index >= 15 is 0 Å². The fraction of sp³-hybridized carbons (Fsp3) is 0.261. The normalized spacial score (nSPS) is 13.9. The maximum Gasteiger partial charge on any atom is 0.272 e. The molecule has 1 aliphatic rings. The highest BCUT2D eigenvalue weighted by Gasteiger charge is 2.27. The van der Waals surface area contributed by atoms with Gasteiger partial charge in [-0.1, -0.05) is 0 Å². The molecule has 0 unspecified atom stereocenters. The van der Waals surface area contributed by atoms with E-state index < -0.39 is 0 Å². The number of hydrogen-bond donors (Lipinski definition) is 0. The minimum absolute atomic E-state index is 0.00831. The number of amides is 2. The first-order valence-electron chi connectivity index (χ1n) is 10.0. The van der Waals surface area contributed by atoms with Crippen molar-refractivity contribution in [1.29, 1.82) is 0 Å². The second-order valence-corrected chi connectivity index (χ2v) is 7.33. The Hall–Kier alpha value is -3.68. The number of aromatic nitrogens is 2. The molecule has 1 saturated heterocycles. The topological polar surface area (TPSA) is 67.7 Å². The number of rotatable bonds is 4. The van der Waals surface area contributed by atoms with Crippen LogP contribution in [-0.2, 0) is 4.79 Å². The summed E-state index contributed by atoms with van der Waals surface area (Å²) in [5.74, 6) is 0.203. The number of benzene rings is 2. The lowest BCUT2D eigenvalue weighted by Crippen LogP contribution is -2.50.